The van der Waals surface area contributed by atoms with Crippen molar-refractivity contribution in [3.8, 4) is 16.9 Å². The van der Waals surface area contributed by atoms with Crippen molar-refractivity contribution in [3.05, 3.63) is 30.0 Å². The molecule has 3 rings (SSSR count). The molecule has 1 aromatic carbocycles. The quantitative estimate of drug-likeness (QED) is 0.936. The topological polar surface area (TPSA) is 61.3 Å². The predicted molar refractivity (Wildman–Crippen MR) is 82.2 cm³/mol. The van der Waals surface area contributed by atoms with Gasteiger partial charge in [0.2, 0.25) is 5.88 Å². The van der Waals surface area contributed by atoms with Crippen LogP contribution in [0.3, 0.4) is 0 Å². The van der Waals surface area contributed by atoms with Gasteiger partial charge in [-0.1, -0.05) is 11.2 Å². The molecule has 0 spiro atoms. The van der Waals surface area contributed by atoms with Gasteiger partial charge < -0.3 is 15.0 Å². The molecule has 0 atom stereocenters. The molecule has 106 valence electrons. The molecular formula is C15H18N2O2S. The van der Waals surface area contributed by atoms with Gasteiger partial charge in [-0.2, -0.15) is 11.8 Å². The third kappa shape index (κ3) is 2.50. The summed E-state index contributed by atoms with van der Waals surface area (Å²) < 4.78 is 10.4. The fourth-order valence-electron chi connectivity index (χ4n) is 2.67. The lowest BCUT2D eigenvalue weighted by molar-refractivity contribution is 0.416. The minimum absolute atomic E-state index is 0.333. The Kier molecular flexibility index (Phi) is 3.87. The summed E-state index contributed by atoms with van der Waals surface area (Å²) in [7, 11) is 1.67. The second-order valence-electron chi connectivity index (χ2n) is 4.95. The summed E-state index contributed by atoms with van der Waals surface area (Å²) in [5.74, 6) is 4.23. The van der Waals surface area contributed by atoms with Crippen molar-refractivity contribution in [1.82, 2.24) is 5.16 Å². The van der Waals surface area contributed by atoms with Gasteiger partial charge in [0, 0.05) is 5.56 Å². The maximum absolute atomic E-state index is 5.84. The Morgan fingerprint density at radius 1 is 1.30 bits per heavy atom. The number of nitrogens with two attached hydrogens (primary N) is 1. The first-order valence-corrected chi connectivity index (χ1v) is 7.91. The van der Waals surface area contributed by atoms with Gasteiger partial charge in [0.05, 0.1) is 18.9 Å². The van der Waals surface area contributed by atoms with Crippen molar-refractivity contribution >= 4 is 17.6 Å². The molecule has 1 aliphatic rings. The number of methoxy groups -OCH3 is 1. The van der Waals surface area contributed by atoms with Crippen molar-refractivity contribution in [2.24, 2.45) is 0 Å². The van der Waals surface area contributed by atoms with Crippen LogP contribution in [-0.2, 0) is 0 Å². The van der Waals surface area contributed by atoms with Crippen LogP contribution in [0.2, 0.25) is 0 Å². The van der Waals surface area contributed by atoms with Crippen LogP contribution in [0, 0.1) is 0 Å². The zero-order valence-corrected chi connectivity index (χ0v) is 12.3. The Morgan fingerprint density at radius 2 is 2.10 bits per heavy atom. The predicted octanol–water partition coefficient (Wildman–Crippen LogP) is 3.54. The van der Waals surface area contributed by atoms with Crippen molar-refractivity contribution in [2.45, 2.75) is 18.8 Å². The van der Waals surface area contributed by atoms with Crippen LogP contribution >= 0.6 is 11.8 Å². The maximum atomic E-state index is 5.84. The summed E-state index contributed by atoms with van der Waals surface area (Å²) in [6, 6.07) is 6.34. The van der Waals surface area contributed by atoms with Gasteiger partial charge in [0.15, 0.2) is 0 Å². The van der Waals surface area contributed by atoms with E-state index in [9.17, 15) is 0 Å². The van der Waals surface area contributed by atoms with Crippen LogP contribution in [0.1, 0.15) is 24.3 Å². The molecule has 5 heteroatoms. The highest BCUT2D eigenvalue weighted by molar-refractivity contribution is 7.99. The van der Waals surface area contributed by atoms with Crippen molar-refractivity contribution in [3.63, 3.8) is 0 Å². The van der Waals surface area contributed by atoms with Gasteiger partial charge in [0.25, 0.3) is 0 Å². The van der Waals surface area contributed by atoms with E-state index in [0.29, 0.717) is 11.8 Å². The van der Waals surface area contributed by atoms with Gasteiger partial charge in [-0.15, -0.1) is 0 Å². The van der Waals surface area contributed by atoms with Gasteiger partial charge in [0.1, 0.15) is 5.75 Å². The van der Waals surface area contributed by atoms with Crippen molar-refractivity contribution < 1.29 is 9.26 Å². The van der Waals surface area contributed by atoms with Gasteiger partial charge >= 0.3 is 0 Å². The largest absolute Gasteiger partial charge is 0.496 e. The van der Waals surface area contributed by atoms with E-state index in [2.05, 4.69) is 17.3 Å². The number of nitrogen functional groups attached to an aromatic ring is 1. The normalized spacial score (nSPS) is 16.2. The first kappa shape index (κ1) is 13.4. The Balaban J connectivity index is 2.00. The highest BCUT2D eigenvalue weighted by Crippen LogP contribution is 2.38. The van der Waals surface area contributed by atoms with E-state index in [1.807, 2.05) is 17.8 Å². The Labute approximate surface area is 122 Å². The highest BCUT2D eigenvalue weighted by Gasteiger charge is 2.19. The molecule has 0 aliphatic carbocycles. The molecule has 0 saturated carbocycles. The summed E-state index contributed by atoms with van der Waals surface area (Å²) in [6.45, 7) is 0. The van der Waals surface area contributed by atoms with Crippen molar-refractivity contribution in [2.75, 3.05) is 24.3 Å². The fraction of sp³-hybridized carbons (Fsp3) is 0.400. The van der Waals surface area contributed by atoms with Crippen LogP contribution in [0.15, 0.2) is 28.9 Å². The number of aromatic nitrogens is 1. The zero-order chi connectivity index (χ0) is 13.9. The highest BCUT2D eigenvalue weighted by atomic mass is 32.2. The summed E-state index contributed by atoms with van der Waals surface area (Å²) in [5, 5.41) is 3.76. The smallest absolute Gasteiger partial charge is 0.230 e. The molecule has 0 bridgehead atoms. The molecule has 2 heterocycles. The Morgan fingerprint density at radius 3 is 2.75 bits per heavy atom. The van der Waals surface area contributed by atoms with Gasteiger partial charge in [-0.3, -0.25) is 0 Å². The molecule has 0 amide bonds. The second kappa shape index (κ2) is 5.79. The molecule has 20 heavy (non-hydrogen) atoms. The van der Waals surface area contributed by atoms with Gasteiger partial charge in [-0.25, -0.2) is 0 Å². The number of thioether (sulfide) groups is 1. The number of anilines is 1. The molecule has 1 aromatic heterocycles. The molecular weight excluding hydrogens is 272 g/mol. The maximum Gasteiger partial charge on any atom is 0.230 e. The lowest BCUT2D eigenvalue weighted by Crippen LogP contribution is -2.08. The average molecular weight is 290 g/mol. The monoisotopic (exact) mass is 290 g/mol. The molecule has 2 aromatic rings. The Hall–Kier alpha value is -1.62. The molecule has 1 aliphatic heterocycles. The lowest BCUT2D eigenvalue weighted by Gasteiger charge is -2.22. The SMILES string of the molecule is COc1ccc(C2CCSCC2)cc1-c1cnoc1N. The third-order valence-corrected chi connectivity index (χ3v) is 4.85. The van der Waals surface area contributed by atoms with Crippen LogP contribution in [0.5, 0.6) is 5.75 Å². The summed E-state index contributed by atoms with van der Waals surface area (Å²) in [6.07, 6.45) is 4.11. The summed E-state index contributed by atoms with van der Waals surface area (Å²) in [4.78, 5) is 0. The van der Waals surface area contributed by atoms with E-state index in [1.165, 1.54) is 29.9 Å². The molecule has 1 fully saturated rings. The molecule has 2 N–H and O–H groups in total. The second-order valence-corrected chi connectivity index (χ2v) is 6.17. The van der Waals surface area contributed by atoms with E-state index >= 15 is 0 Å². The van der Waals surface area contributed by atoms with Gasteiger partial charge in [-0.05, 0) is 48.0 Å². The van der Waals surface area contributed by atoms with Crippen LogP contribution in [0.25, 0.3) is 11.1 Å². The first-order chi connectivity index (χ1) is 9.79. The molecule has 0 unspecified atom stereocenters. The lowest BCUT2D eigenvalue weighted by atomic mass is 9.91. The molecule has 1 saturated heterocycles. The zero-order valence-electron chi connectivity index (χ0n) is 11.5. The standard InChI is InChI=1S/C15H18N2O2S/c1-18-14-3-2-11(10-4-6-20-7-5-10)8-12(14)13-9-17-19-15(13)16/h2-3,8-10H,4-7,16H2,1H3. The number of ether oxygens (including phenoxy) is 1. The molecule has 0 radical (unpaired) electrons. The van der Waals surface area contributed by atoms with E-state index in [4.69, 9.17) is 15.0 Å². The fourth-order valence-corrected chi connectivity index (χ4v) is 3.78. The van der Waals surface area contributed by atoms with Crippen LogP contribution < -0.4 is 10.5 Å². The first-order valence-electron chi connectivity index (χ1n) is 6.76. The van der Waals surface area contributed by atoms with Crippen LogP contribution in [-0.4, -0.2) is 23.8 Å². The molecule has 4 nitrogen and oxygen atoms in total. The van der Waals surface area contributed by atoms with E-state index < -0.39 is 0 Å². The van der Waals surface area contributed by atoms with E-state index in [0.717, 1.165) is 16.9 Å². The number of rotatable bonds is 3. The number of hydrogen-bond acceptors (Lipinski definition) is 5. The van der Waals surface area contributed by atoms with Crippen LogP contribution in [0.4, 0.5) is 5.88 Å². The minimum atomic E-state index is 0.333. The van der Waals surface area contributed by atoms with E-state index in [-0.39, 0.29) is 0 Å². The van der Waals surface area contributed by atoms with Crippen molar-refractivity contribution in [1.29, 1.82) is 0 Å². The summed E-state index contributed by atoms with van der Waals surface area (Å²) in [5.41, 5.74) is 8.95. The number of nitrogens with zero attached hydrogens (tertiary/aromatic N) is 1. The number of benzene rings is 1. The summed E-state index contributed by atoms with van der Waals surface area (Å²) >= 11 is 2.04. The van der Waals surface area contributed by atoms with E-state index in [1.54, 1.807) is 13.3 Å². The Bertz CT molecular complexity index is 591. The number of hydrogen-bond donors (Lipinski definition) is 1. The minimum Gasteiger partial charge on any atom is -0.496 e. The third-order valence-electron chi connectivity index (χ3n) is 3.80. The average Bonchev–Trinajstić information content (AvgIpc) is 2.93.